The summed E-state index contributed by atoms with van der Waals surface area (Å²) in [5.74, 6) is -1.16. The molecule has 0 unspecified atom stereocenters. The van der Waals surface area contributed by atoms with Gasteiger partial charge in [0.15, 0.2) is 5.75 Å². The van der Waals surface area contributed by atoms with E-state index in [1.807, 2.05) is 0 Å². The lowest BCUT2D eigenvalue weighted by Crippen LogP contribution is -2.02. The lowest BCUT2D eigenvalue weighted by molar-refractivity contribution is -0.385. The summed E-state index contributed by atoms with van der Waals surface area (Å²) >= 11 is 3.16. The fraction of sp³-hybridized carbons (Fsp3) is 0.0833. The van der Waals surface area contributed by atoms with Crippen LogP contribution >= 0.6 is 15.9 Å². The number of carbonyl (C=O) groups is 1. The van der Waals surface area contributed by atoms with E-state index >= 15 is 0 Å². The molecule has 0 aliphatic carbocycles. The molecule has 0 spiro atoms. The van der Waals surface area contributed by atoms with Crippen LogP contribution in [0.15, 0.2) is 29.1 Å². The molecule has 2 heterocycles. The zero-order valence-electron chi connectivity index (χ0n) is 10.6. The summed E-state index contributed by atoms with van der Waals surface area (Å²) in [6.07, 6.45) is 3.60. The fourth-order valence-electron chi connectivity index (χ4n) is 1.54. The van der Waals surface area contributed by atoms with E-state index in [0.717, 1.165) is 6.20 Å². The molecule has 0 amide bonds. The largest absolute Gasteiger partial charge is 0.478 e. The molecular weight excluding hydrogens is 346 g/mol. The number of aromatic carboxylic acids is 1. The quantitative estimate of drug-likeness (QED) is 0.663. The number of carboxylic acids is 1. The summed E-state index contributed by atoms with van der Waals surface area (Å²) in [6, 6.07) is 1.28. The van der Waals surface area contributed by atoms with Gasteiger partial charge in [0.2, 0.25) is 5.88 Å². The van der Waals surface area contributed by atoms with E-state index in [4.69, 9.17) is 9.84 Å². The van der Waals surface area contributed by atoms with E-state index in [9.17, 15) is 14.9 Å². The van der Waals surface area contributed by atoms with Crippen LogP contribution in [0.4, 0.5) is 5.69 Å². The molecule has 21 heavy (non-hydrogen) atoms. The highest BCUT2D eigenvalue weighted by Crippen LogP contribution is 2.35. The highest BCUT2D eigenvalue weighted by Gasteiger charge is 2.20. The number of carboxylic acid groups (broad SMARTS) is 1. The molecule has 1 N–H and O–H groups in total. The predicted molar refractivity (Wildman–Crippen MR) is 74.6 cm³/mol. The van der Waals surface area contributed by atoms with Gasteiger partial charge in [-0.3, -0.25) is 15.1 Å². The molecule has 2 aromatic rings. The van der Waals surface area contributed by atoms with Gasteiger partial charge in [-0.2, -0.15) is 0 Å². The Morgan fingerprint density at radius 3 is 2.81 bits per heavy atom. The number of hydrogen-bond acceptors (Lipinski definition) is 6. The number of halogens is 1. The van der Waals surface area contributed by atoms with Crippen LogP contribution in [0.25, 0.3) is 0 Å². The van der Waals surface area contributed by atoms with Crippen molar-refractivity contribution in [3.8, 4) is 11.6 Å². The van der Waals surface area contributed by atoms with Crippen LogP contribution in [0.2, 0.25) is 0 Å². The van der Waals surface area contributed by atoms with Crippen molar-refractivity contribution in [2.75, 3.05) is 0 Å². The average Bonchev–Trinajstić information content (AvgIpc) is 2.44. The van der Waals surface area contributed by atoms with Crippen LogP contribution < -0.4 is 4.74 Å². The van der Waals surface area contributed by atoms with Crippen molar-refractivity contribution in [2.45, 2.75) is 6.92 Å². The maximum Gasteiger partial charge on any atom is 0.339 e. The zero-order chi connectivity index (χ0) is 15.6. The van der Waals surface area contributed by atoms with Crippen LogP contribution in [-0.4, -0.2) is 26.0 Å². The maximum atomic E-state index is 11.1. The molecule has 0 aliphatic heterocycles. The number of pyridine rings is 2. The molecule has 0 bridgehead atoms. The number of hydrogen-bond donors (Lipinski definition) is 1. The zero-order valence-corrected chi connectivity index (χ0v) is 12.2. The maximum absolute atomic E-state index is 11.1. The molecule has 8 nitrogen and oxygen atoms in total. The lowest BCUT2D eigenvalue weighted by Gasteiger charge is -2.09. The summed E-state index contributed by atoms with van der Waals surface area (Å²) in [5, 5.41) is 19.9. The van der Waals surface area contributed by atoms with E-state index in [0.29, 0.717) is 5.56 Å². The van der Waals surface area contributed by atoms with Crippen molar-refractivity contribution in [3.05, 3.63) is 50.4 Å². The first kappa shape index (κ1) is 14.9. The Morgan fingerprint density at radius 1 is 1.48 bits per heavy atom. The fourth-order valence-corrected chi connectivity index (χ4v) is 1.93. The molecule has 2 aromatic heterocycles. The average molecular weight is 354 g/mol. The predicted octanol–water partition coefficient (Wildman–Crippen LogP) is 2.95. The van der Waals surface area contributed by atoms with E-state index in [-0.39, 0.29) is 27.4 Å². The van der Waals surface area contributed by atoms with Gasteiger partial charge in [0.05, 0.1) is 15.6 Å². The van der Waals surface area contributed by atoms with E-state index < -0.39 is 10.9 Å². The van der Waals surface area contributed by atoms with E-state index in [1.165, 1.54) is 25.4 Å². The molecule has 0 saturated heterocycles. The van der Waals surface area contributed by atoms with Gasteiger partial charge in [-0.05, 0) is 28.9 Å². The second-order valence-corrected chi connectivity index (χ2v) is 4.72. The van der Waals surface area contributed by atoms with Crippen LogP contribution in [0, 0.1) is 17.0 Å². The smallest absolute Gasteiger partial charge is 0.339 e. The van der Waals surface area contributed by atoms with Gasteiger partial charge in [0.1, 0.15) is 11.8 Å². The van der Waals surface area contributed by atoms with E-state index in [1.54, 1.807) is 0 Å². The number of ether oxygens (including phenoxy) is 1. The van der Waals surface area contributed by atoms with Crippen molar-refractivity contribution in [1.29, 1.82) is 0 Å². The van der Waals surface area contributed by atoms with Crippen molar-refractivity contribution in [2.24, 2.45) is 0 Å². The van der Waals surface area contributed by atoms with Gasteiger partial charge in [-0.1, -0.05) is 0 Å². The molecule has 2 rings (SSSR count). The Balaban J connectivity index is 2.44. The molecule has 0 aromatic carbocycles. The number of nitrogens with zero attached hydrogens (tertiary/aromatic N) is 3. The Kier molecular flexibility index (Phi) is 4.13. The van der Waals surface area contributed by atoms with Crippen LogP contribution in [-0.2, 0) is 0 Å². The van der Waals surface area contributed by atoms with Gasteiger partial charge >= 0.3 is 5.97 Å². The summed E-state index contributed by atoms with van der Waals surface area (Å²) in [5.41, 5.74) is 0.0688. The van der Waals surface area contributed by atoms with Gasteiger partial charge in [0, 0.05) is 11.8 Å². The van der Waals surface area contributed by atoms with Crippen molar-refractivity contribution >= 4 is 27.6 Å². The molecule has 0 fully saturated rings. The lowest BCUT2D eigenvalue weighted by atomic mass is 10.2. The Hall–Kier alpha value is -2.55. The highest BCUT2D eigenvalue weighted by atomic mass is 79.9. The number of aromatic nitrogens is 2. The Labute approximate surface area is 126 Å². The van der Waals surface area contributed by atoms with Gasteiger partial charge in [-0.15, -0.1) is 0 Å². The minimum absolute atomic E-state index is 0.00791. The third kappa shape index (κ3) is 2.97. The van der Waals surface area contributed by atoms with Crippen molar-refractivity contribution < 1.29 is 19.6 Å². The van der Waals surface area contributed by atoms with Crippen LogP contribution in [0.5, 0.6) is 11.6 Å². The Morgan fingerprint density at radius 2 is 2.19 bits per heavy atom. The number of rotatable bonds is 4. The van der Waals surface area contributed by atoms with Gasteiger partial charge in [0.25, 0.3) is 5.69 Å². The SMILES string of the molecule is Cc1c([N+](=O)[O-])cnc(Oc2cnccc2C(=O)O)c1Br. The topological polar surface area (TPSA) is 115 Å². The minimum Gasteiger partial charge on any atom is -0.478 e. The number of nitro groups is 1. The molecular formula is C12H8BrN3O5. The van der Waals surface area contributed by atoms with Gasteiger partial charge < -0.3 is 9.84 Å². The van der Waals surface area contributed by atoms with Crippen molar-refractivity contribution in [1.82, 2.24) is 9.97 Å². The summed E-state index contributed by atoms with van der Waals surface area (Å²) in [7, 11) is 0. The van der Waals surface area contributed by atoms with Crippen LogP contribution in [0.1, 0.15) is 15.9 Å². The second kappa shape index (κ2) is 5.83. The third-order valence-electron chi connectivity index (χ3n) is 2.62. The first-order valence-corrected chi connectivity index (χ1v) is 6.35. The summed E-state index contributed by atoms with van der Waals surface area (Å²) in [4.78, 5) is 28.9. The standard InChI is InChI=1S/C12H8BrN3O5/c1-6-8(16(19)20)4-15-11(10(6)13)21-9-5-14-3-2-7(9)12(17)18/h2-5H,1H3,(H,17,18). The monoisotopic (exact) mass is 353 g/mol. The summed E-state index contributed by atoms with van der Waals surface area (Å²) < 4.78 is 5.67. The van der Waals surface area contributed by atoms with Crippen molar-refractivity contribution in [3.63, 3.8) is 0 Å². The second-order valence-electron chi connectivity index (χ2n) is 3.92. The van der Waals surface area contributed by atoms with E-state index in [2.05, 4.69) is 25.9 Å². The molecule has 9 heteroatoms. The first-order chi connectivity index (χ1) is 9.91. The molecule has 0 aliphatic rings. The normalized spacial score (nSPS) is 10.2. The molecule has 0 radical (unpaired) electrons. The molecule has 0 saturated carbocycles. The Bertz CT molecular complexity index is 735. The highest BCUT2D eigenvalue weighted by molar-refractivity contribution is 9.10. The third-order valence-corrected chi connectivity index (χ3v) is 3.56. The molecule has 108 valence electrons. The first-order valence-electron chi connectivity index (χ1n) is 5.56. The van der Waals surface area contributed by atoms with Crippen LogP contribution in [0.3, 0.4) is 0 Å². The molecule has 0 atom stereocenters. The summed E-state index contributed by atoms with van der Waals surface area (Å²) in [6.45, 7) is 1.53. The van der Waals surface area contributed by atoms with Gasteiger partial charge in [-0.25, -0.2) is 9.78 Å². The minimum atomic E-state index is -1.18.